The summed E-state index contributed by atoms with van der Waals surface area (Å²) in [5, 5.41) is 0. The molecule has 0 bridgehead atoms. The van der Waals surface area contributed by atoms with Crippen molar-refractivity contribution in [3.05, 3.63) is 57.0 Å². The first-order valence-corrected chi connectivity index (χ1v) is 8.15. The molecule has 24 heavy (non-hydrogen) atoms. The van der Waals surface area contributed by atoms with Gasteiger partial charge in [0.05, 0.1) is 12.8 Å². The van der Waals surface area contributed by atoms with Gasteiger partial charge in [0.2, 0.25) is 0 Å². The summed E-state index contributed by atoms with van der Waals surface area (Å²) >= 11 is 0. The summed E-state index contributed by atoms with van der Waals surface area (Å²) in [4.78, 5) is 21.8. The number of hydrogen-bond acceptors (Lipinski definition) is 4. The molecule has 0 aliphatic carbocycles. The molecule has 0 fully saturated rings. The number of aromatic nitrogens is 2. The third-order valence-corrected chi connectivity index (χ3v) is 4.40. The quantitative estimate of drug-likeness (QED) is 0.935. The molecular weight excluding hydrogens is 309 g/mol. The van der Waals surface area contributed by atoms with E-state index in [0.717, 1.165) is 11.3 Å². The van der Waals surface area contributed by atoms with Crippen LogP contribution < -0.4 is 10.3 Å². The molecule has 128 valence electrons. The predicted molar refractivity (Wildman–Crippen MR) is 89.7 cm³/mol. The Bertz CT molecular complexity index is 801. The van der Waals surface area contributed by atoms with E-state index in [0.29, 0.717) is 43.2 Å². The second kappa shape index (κ2) is 6.73. The van der Waals surface area contributed by atoms with Crippen molar-refractivity contribution in [1.29, 1.82) is 0 Å². The van der Waals surface area contributed by atoms with Crippen molar-refractivity contribution in [2.75, 3.05) is 13.7 Å². The molecular formula is C18H22FN3O2. The van der Waals surface area contributed by atoms with Gasteiger partial charge in [0, 0.05) is 36.7 Å². The third-order valence-electron chi connectivity index (χ3n) is 4.40. The zero-order valence-electron chi connectivity index (χ0n) is 14.2. The lowest BCUT2D eigenvalue weighted by atomic mass is 10.0. The molecule has 0 saturated heterocycles. The average molecular weight is 331 g/mol. The minimum atomic E-state index is -0.276. The molecule has 0 spiro atoms. The number of methoxy groups -OCH3 is 1. The van der Waals surface area contributed by atoms with Crippen LogP contribution in [0.3, 0.4) is 0 Å². The van der Waals surface area contributed by atoms with Crippen LogP contribution in [0.25, 0.3) is 0 Å². The van der Waals surface area contributed by atoms with Crippen LogP contribution in [0.2, 0.25) is 0 Å². The van der Waals surface area contributed by atoms with Gasteiger partial charge in [-0.05, 0) is 18.6 Å². The lowest BCUT2D eigenvalue weighted by molar-refractivity contribution is 0.232. The van der Waals surface area contributed by atoms with Crippen LogP contribution in [0.15, 0.2) is 23.0 Å². The Morgan fingerprint density at radius 3 is 2.92 bits per heavy atom. The zero-order chi connectivity index (χ0) is 17.3. The first-order valence-electron chi connectivity index (χ1n) is 8.15. The average Bonchev–Trinajstić information content (AvgIpc) is 2.56. The molecule has 5 nitrogen and oxygen atoms in total. The number of benzene rings is 1. The Hall–Kier alpha value is -2.21. The van der Waals surface area contributed by atoms with Gasteiger partial charge in [-0.2, -0.15) is 0 Å². The fourth-order valence-corrected chi connectivity index (χ4v) is 3.03. The SMILES string of the molecule is COc1cccc(F)c1CN1CCc2c(nc(C(C)C)[nH]c2=O)C1. The molecule has 3 rings (SSSR count). The van der Waals surface area contributed by atoms with Crippen LogP contribution in [0, 0.1) is 5.82 Å². The molecule has 2 aromatic rings. The van der Waals surface area contributed by atoms with Gasteiger partial charge in [0.25, 0.3) is 5.56 Å². The minimum Gasteiger partial charge on any atom is -0.496 e. The van der Waals surface area contributed by atoms with Crippen LogP contribution in [0.5, 0.6) is 5.75 Å². The molecule has 0 amide bonds. The van der Waals surface area contributed by atoms with Crippen LogP contribution in [-0.2, 0) is 19.5 Å². The predicted octanol–water partition coefficient (Wildman–Crippen LogP) is 2.60. The Labute approximate surface area is 140 Å². The van der Waals surface area contributed by atoms with E-state index in [1.54, 1.807) is 19.2 Å². The number of aromatic amines is 1. The van der Waals surface area contributed by atoms with E-state index in [1.165, 1.54) is 6.07 Å². The highest BCUT2D eigenvalue weighted by Gasteiger charge is 2.23. The first kappa shape index (κ1) is 16.6. The van der Waals surface area contributed by atoms with Gasteiger partial charge < -0.3 is 9.72 Å². The maximum Gasteiger partial charge on any atom is 0.254 e. The zero-order valence-corrected chi connectivity index (χ0v) is 14.2. The highest BCUT2D eigenvalue weighted by Crippen LogP contribution is 2.25. The van der Waals surface area contributed by atoms with Gasteiger partial charge in [-0.25, -0.2) is 9.37 Å². The standard InChI is InChI=1S/C18H22FN3O2/c1-11(2)17-20-15-10-22(8-7-12(15)18(23)21-17)9-13-14(19)5-4-6-16(13)24-3/h4-6,11H,7-10H2,1-3H3,(H,20,21,23). The van der Waals surface area contributed by atoms with Crippen molar-refractivity contribution >= 4 is 0 Å². The highest BCUT2D eigenvalue weighted by atomic mass is 19.1. The van der Waals surface area contributed by atoms with Crippen molar-refractivity contribution in [3.8, 4) is 5.75 Å². The largest absolute Gasteiger partial charge is 0.496 e. The second-order valence-electron chi connectivity index (χ2n) is 6.41. The summed E-state index contributed by atoms with van der Waals surface area (Å²) in [7, 11) is 1.54. The number of rotatable bonds is 4. The number of halogens is 1. The monoisotopic (exact) mass is 331 g/mol. The van der Waals surface area contributed by atoms with Gasteiger partial charge in [0.15, 0.2) is 0 Å². The van der Waals surface area contributed by atoms with E-state index >= 15 is 0 Å². The molecule has 1 aromatic carbocycles. The summed E-state index contributed by atoms with van der Waals surface area (Å²) in [6.07, 6.45) is 0.618. The van der Waals surface area contributed by atoms with Crippen molar-refractivity contribution in [3.63, 3.8) is 0 Å². The van der Waals surface area contributed by atoms with E-state index in [2.05, 4.69) is 14.9 Å². The van der Waals surface area contributed by atoms with Gasteiger partial charge in [-0.3, -0.25) is 9.69 Å². The molecule has 2 heterocycles. The van der Waals surface area contributed by atoms with E-state index in [1.807, 2.05) is 13.8 Å². The molecule has 0 radical (unpaired) electrons. The summed E-state index contributed by atoms with van der Waals surface area (Å²) in [6, 6.07) is 4.84. The van der Waals surface area contributed by atoms with Gasteiger partial charge >= 0.3 is 0 Å². The lowest BCUT2D eigenvalue weighted by Crippen LogP contribution is -2.35. The smallest absolute Gasteiger partial charge is 0.254 e. The second-order valence-corrected chi connectivity index (χ2v) is 6.41. The fraction of sp³-hybridized carbons (Fsp3) is 0.444. The molecule has 1 N–H and O–H groups in total. The fourth-order valence-electron chi connectivity index (χ4n) is 3.03. The van der Waals surface area contributed by atoms with Crippen molar-refractivity contribution in [2.45, 2.75) is 39.3 Å². The van der Waals surface area contributed by atoms with Crippen molar-refractivity contribution in [1.82, 2.24) is 14.9 Å². The molecule has 1 aliphatic rings. The van der Waals surface area contributed by atoms with E-state index in [4.69, 9.17) is 4.74 Å². The molecule has 6 heteroatoms. The Balaban J connectivity index is 1.87. The summed E-state index contributed by atoms with van der Waals surface area (Å²) in [6.45, 7) is 5.65. The van der Waals surface area contributed by atoms with Crippen LogP contribution >= 0.6 is 0 Å². The number of nitrogens with one attached hydrogen (secondary N) is 1. The number of H-pyrrole nitrogens is 1. The van der Waals surface area contributed by atoms with Crippen LogP contribution in [-0.4, -0.2) is 28.5 Å². The Morgan fingerprint density at radius 2 is 2.21 bits per heavy atom. The topological polar surface area (TPSA) is 58.2 Å². The normalized spacial score (nSPS) is 14.7. The van der Waals surface area contributed by atoms with Crippen molar-refractivity contribution in [2.24, 2.45) is 0 Å². The van der Waals surface area contributed by atoms with Gasteiger partial charge in [-0.15, -0.1) is 0 Å². The molecule has 0 atom stereocenters. The van der Waals surface area contributed by atoms with Gasteiger partial charge in [-0.1, -0.05) is 19.9 Å². The summed E-state index contributed by atoms with van der Waals surface area (Å²) in [5.74, 6) is 1.12. The number of nitrogens with zero attached hydrogens (tertiary/aromatic N) is 2. The van der Waals surface area contributed by atoms with E-state index < -0.39 is 0 Å². The number of hydrogen-bond donors (Lipinski definition) is 1. The highest BCUT2D eigenvalue weighted by molar-refractivity contribution is 5.35. The third kappa shape index (κ3) is 3.19. The number of ether oxygens (including phenoxy) is 1. The minimum absolute atomic E-state index is 0.0492. The molecule has 0 unspecified atom stereocenters. The molecule has 1 aliphatic heterocycles. The molecule has 0 saturated carbocycles. The molecule has 1 aromatic heterocycles. The van der Waals surface area contributed by atoms with Gasteiger partial charge in [0.1, 0.15) is 17.4 Å². The Morgan fingerprint density at radius 1 is 1.42 bits per heavy atom. The Kier molecular flexibility index (Phi) is 4.66. The van der Waals surface area contributed by atoms with Crippen LogP contribution in [0.1, 0.15) is 42.4 Å². The maximum atomic E-state index is 14.1. The van der Waals surface area contributed by atoms with Crippen molar-refractivity contribution < 1.29 is 9.13 Å². The van der Waals surface area contributed by atoms with Crippen LogP contribution in [0.4, 0.5) is 4.39 Å². The number of fused-ring (bicyclic) bond motifs is 1. The van der Waals surface area contributed by atoms with E-state index in [-0.39, 0.29) is 17.3 Å². The summed E-state index contributed by atoms with van der Waals surface area (Å²) < 4.78 is 19.4. The first-order chi connectivity index (χ1) is 11.5. The maximum absolute atomic E-state index is 14.1. The summed E-state index contributed by atoms with van der Waals surface area (Å²) in [5.41, 5.74) is 2.03. The lowest BCUT2D eigenvalue weighted by Gasteiger charge is -2.28. The van der Waals surface area contributed by atoms with E-state index in [9.17, 15) is 9.18 Å².